The zero-order valence-electron chi connectivity index (χ0n) is 9.02. The molecule has 0 fully saturated rings. The van der Waals surface area contributed by atoms with Crippen LogP contribution in [-0.2, 0) is 0 Å². The van der Waals surface area contributed by atoms with Crippen LogP contribution in [-0.4, -0.2) is 8.07 Å². The van der Waals surface area contributed by atoms with Crippen molar-refractivity contribution in [1.29, 1.82) is 0 Å². The molecule has 0 amide bonds. The number of benzene rings is 1. The van der Waals surface area contributed by atoms with E-state index in [9.17, 15) is 0 Å². The van der Waals surface area contributed by atoms with Crippen LogP contribution in [0.25, 0.3) is 5.57 Å². The zero-order valence-corrected chi connectivity index (χ0v) is 10.0. The molecule has 0 N–H and O–H groups in total. The third-order valence-electron chi connectivity index (χ3n) is 2.22. The van der Waals surface area contributed by atoms with Crippen LogP contribution >= 0.6 is 0 Å². The maximum Gasteiger partial charge on any atom is 0.0776 e. The zero-order chi connectivity index (χ0) is 10.1. The second-order valence-corrected chi connectivity index (χ2v) is 9.69. The Morgan fingerprint density at radius 1 is 1.23 bits per heavy atom. The highest BCUT2D eigenvalue weighted by atomic mass is 28.3. The highest BCUT2D eigenvalue weighted by Crippen LogP contribution is 2.11. The summed E-state index contributed by atoms with van der Waals surface area (Å²) in [5, 5.41) is 1.51. The van der Waals surface area contributed by atoms with E-state index in [-0.39, 0.29) is 0 Å². The Morgan fingerprint density at radius 2 is 1.85 bits per heavy atom. The van der Waals surface area contributed by atoms with E-state index >= 15 is 0 Å². The van der Waals surface area contributed by atoms with Gasteiger partial charge < -0.3 is 0 Å². The van der Waals surface area contributed by atoms with E-state index in [1.54, 1.807) is 0 Å². The van der Waals surface area contributed by atoms with Crippen molar-refractivity contribution in [1.82, 2.24) is 0 Å². The molecule has 13 heavy (non-hydrogen) atoms. The SMILES string of the molecule is C=C(C)c1cccc([Si](C)(C)C)c1. The summed E-state index contributed by atoms with van der Waals surface area (Å²) in [5.41, 5.74) is 2.43. The molecule has 0 radical (unpaired) electrons. The molecule has 0 nitrogen and oxygen atoms in total. The van der Waals surface area contributed by atoms with Crippen molar-refractivity contribution < 1.29 is 0 Å². The van der Waals surface area contributed by atoms with Crippen LogP contribution in [0.3, 0.4) is 0 Å². The van der Waals surface area contributed by atoms with E-state index in [0.29, 0.717) is 0 Å². The fourth-order valence-electron chi connectivity index (χ4n) is 1.25. The van der Waals surface area contributed by atoms with Crippen LogP contribution in [0.15, 0.2) is 30.8 Å². The van der Waals surface area contributed by atoms with Crippen LogP contribution < -0.4 is 5.19 Å². The van der Waals surface area contributed by atoms with Crippen LogP contribution in [0.5, 0.6) is 0 Å². The van der Waals surface area contributed by atoms with E-state index in [4.69, 9.17) is 0 Å². The molecule has 0 aromatic heterocycles. The predicted molar refractivity (Wildman–Crippen MR) is 64.1 cm³/mol. The summed E-state index contributed by atoms with van der Waals surface area (Å²) in [4.78, 5) is 0. The molecule has 1 aromatic carbocycles. The number of allylic oxidation sites excluding steroid dienone is 1. The molecule has 0 saturated carbocycles. The maximum absolute atomic E-state index is 3.96. The first-order valence-corrected chi connectivity index (χ1v) is 8.17. The monoisotopic (exact) mass is 190 g/mol. The molecule has 0 saturated heterocycles. The highest BCUT2D eigenvalue weighted by molar-refractivity contribution is 6.88. The first-order chi connectivity index (χ1) is 5.91. The van der Waals surface area contributed by atoms with Crippen molar-refractivity contribution in [2.45, 2.75) is 26.6 Å². The van der Waals surface area contributed by atoms with Gasteiger partial charge in [-0.25, -0.2) is 0 Å². The molecule has 1 heteroatoms. The van der Waals surface area contributed by atoms with Crippen molar-refractivity contribution in [2.75, 3.05) is 0 Å². The summed E-state index contributed by atoms with van der Waals surface area (Å²) < 4.78 is 0. The Balaban J connectivity index is 3.13. The molecule has 0 aliphatic rings. The van der Waals surface area contributed by atoms with Crippen molar-refractivity contribution >= 4 is 18.8 Å². The lowest BCUT2D eigenvalue weighted by Gasteiger charge is -2.17. The Kier molecular flexibility index (Phi) is 2.76. The third-order valence-corrected chi connectivity index (χ3v) is 4.26. The van der Waals surface area contributed by atoms with Gasteiger partial charge in [0.1, 0.15) is 0 Å². The molecule has 0 spiro atoms. The van der Waals surface area contributed by atoms with Gasteiger partial charge in [-0.05, 0) is 12.5 Å². The molecule has 0 heterocycles. The van der Waals surface area contributed by atoms with Crippen LogP contribution in [0, 0.1) is 0 Å². The van der Waals surface area contributed by atoms with Gasteiger partial charge in [-0.2, -0.15) is 0 Å². The van der Waals surface area contributed by atoms with Crippen molar-refractivity contribution in [3.63, 3.8) is 0 Å². The molecule has 0 aliphatic carbocycles. The van der Waals surface area contributed by atoms with Gasteiger partial charge in [-0.1, -0.05) is 61.2 Å². The number of hydrogen-bond acceptors (Lipinski definition) is 0. The quantitative estimate of drug-likeness (QED) is 0.628. The topological polar surface area (TPSA) is 0 Å². The molecule has 70 valence electrons. The van der Waals surface area contributed by atoms with Gasteiger partial charge in [0, 0.05) is 0 Å². The van der Waals surface area contributed by atoms with Crippen LogP contribution in [0.2, 0.25) is 19.6 Å². The lowest BCUT2D eigenvalue weighted by atomic mass is 10.1. The Hall–Kier alpha value is -0.823. The summed E-state index contributed by atoms with van der Waals surface area (Å²) in [6.45, 7) is 13.1. The average molecular weight is 190 g/mol. The largest absolute Gasteiger partial charge is 0.0955 e. The molecule has 0 bridgehead atoms. The fourth-order valence-corrected chi connectivity index (χ4v) is 2.44. The maximum atomic E-state index is 3.96. The minimum Gasteiger partial charge on any atom is -0.0955 e. The van der Waals surface area contributed by atoms with E-state index in [1.807, 2.05) is 0 Å². The Bertz CT molecular complexity index is 318. The van der Waals surface area contributed by atoms with Crippen molar-refractivity contribution in [3.8, 4) is 0 Å². The first kappa shape index (κ1) is 10.3. The lowest BCUT2D eigenvalue weighted by molar-refractivity contribution is 1.58. The van der Waals surface area contributed by atoms with Gasteiger partial charge in [0.05, 0.1) is 8.07 Å². The van der Waals surface area contributed by atoms with Gasteiger partial charge in [0.25, 0.3) is 0 Å². The normalized spacial score (nSPS) is 11.4. The summed E-state index contributed by atoms with van der Waals surface area (Å²) in [7, 11) is -1.15. The molecule has 1 rings (SSSR count). The van der Waals surface area contributed by atoms with E-state index in [2.05, 4.69) is 57.4 Å². The molecular formula is C12H18Si. The molecule has 0 atom stereocenters. The van der Waals surface area contributed by atoms with Crippen molar-refractivity contribution in [2.24, 2.45) is 0 Å². The lowest BCUT2D eigenvalue weighted by Crippen LogP contribution is -2.37. The first-order valence-electron chi connectivity index (χ1n) is 4.67. The molecule has 0 aliphatic heterocycles. The van der Waals surface area contributed by atoms with Crippen LogP contribution in [0.1, 0.15) is 12.5 Å². The summed E-state index contributed by atoms with van der Waals surface area (Å²) >= 11 is 0. The Morgan fingerprint density at radius 3 is 2.31 bits per heavy atom. The third kappa shape index (κ3) is 2.56. The van der Waals surface area contributed by atoms with E-state index < -0.39 is 8.07 Å². The summed E-state index contributed by atoms with van der Waals surface area (Å²) in [6.07, 6.45) is 0. The average Bonchev–Trinajstić information content (AvgIpc) is 2.03. The number of hydrogen-bond donors (Lipinski definition) is 0. The van der Waals surface area contributed by atoms with E-state index in [1.165, 1.54) is 10.8 Å². The molecule has 1 aromatic rings. The molecular weight excluding hydrogens is 172 g/mol. The van der Waals surface area contributed by atoms with Gasteiger partial charge in [0.15, 0.2) is 0 Å². The standard InChI is InChI=1S/C12H18Si/c1-10(2)11-7-6-8-12(9-11)13(3,4)5/h6-9H,1H2,2-5H3. The highest BCUT2D eigenvalue weighted by Gasteiger charge is 2.15. The summed E-state index contributed by atoms with van der Waals surface area (Å²) in [5.74, 6) is 0. The second kappa shape index (κ2) is 3.50. The van der Waals surface area contributed by atoms with Gasteiger partial charge >= 0.3 is 0 Å². The Labute approximate surface area is 82.3 Å². The minimum absolute atomic E-state index is 1.15. The predicted octanol–water partition coefficient (Wildman–Crippen LogP) is 3.26. The summed E-state index contributed by atoms with van der Waals surface area (Å²) in [6, 6.07) is 8.79. The minimum atomic E-state index is -1.15. The van der Waals surface area contributed by atoms with Gasteiger partial charge in [-0.3, -0.25) is 0 Å². The number of rotatable bonds is 2. The van der Waals surface area contributed by atoms with Crippen molar-refractivity contribution in [3.05, 3.63) is 36.4 Å². The van der Waals surface area contributed by atoms with Gasteiger partial charge in [-0.15, -0.1) is 0 Å². The van der Waals surface area contributed by atoms with E-state index in [0.717, 1.165) is 5.57 Å². The smallest absolute Gasteiger partial charge is 0.0776 e. The fraction of sp³-hybridized carbons (Fsp3) is 0.333. The molecule has 0 unspecified atom stereocenters. The van der Waals surface area contributed by atoms with Gasteiger partial charge in [0.2, 0.25) is 0 Å². The second-order valence-electron chi connectivity index (χ2n) is 4.61. The van der Waals surface area contributed by atoms with Crippen LogP contribution in [0.4, 0.5) is 0 Å².